The Kier molecular flexibility index (Phi) is 4.76. The number of ether oxygens (including phenoxy) is 1. The van der Waals surface area contributed by atoms with Gasteiger partial charge in [-0.05, 0) is 75.9 Å². The average Bonchev–Trinajstić information content (AvgIpc) is 2.94. The van der Waals surface area contributed by atoms with Crippen molar-refractivity contribution in [1.82, 2.24) is 0 Å². The maximum atomic E-state index is 9.83. The van der Waals surface area contributed by atoms with Gasteiger partial charge in [-0.15, -0.1) is 0 Å². The van der Waals surface area contributed by atoms with Gasteiger partial charge in [-0.2, -0.15) is 0 Å². The minimum atomic E-state index is -0.325. The predicted molar refractivity (Wildman–Crippen MR) is 101 cm³/mol. The number of phenols is 1. The van der Waals surface area contributed by atoms with E-state index in [0.717, 1.165) is 47.5 Å². The number of hydrogen-bond donors (Lipinski definition) is 1. The molecule has 25 heavy (non-hydrogen) atoms. The van der Waals surface area contributed by atoms with E-state index in [-0.39, 0.29) is 5.60 Å². The maximum Gasteiger partial charge on any atom is 0.128 e. The molecule has 0 amide bonds. The highest BCUT2D eigenvalue weighted by atomic mass is 16.5. The molecule has 0 spiro atoms. The highest BCUT2D eigenvalue weighted by molar-refractivity contribution is 5.64. The standard InChI is InChI=1S/C22H26O3/c1-15(10-19-11-16(2)14-24-19)6-5-8-22(4)9-7-18-13-20(23)17(3)12-21(18)25-22/h6-7,9,11-14,23H,5,8,10H2,1-4H3/t22-/m1/s1. The highest BCUT2D eigenvalue weighted by Gasteiger charge is 2.27. The monoisotopic (exact) mass is 338 g/mol. The number of aromatic hydroxyl groups is 1. The summed E-state index contributed by atoms with van der Waals surface area (Å²) in [4.78, 5) is 0. The number of rotatable bonds is 5. The highest BCUT2D eigenvalue weighted by Crippen LogP contribution is 2.37. The largest absolute Gasteiger partial charge is 0.508 e. The molecule has 1 aromatic carbocycles. The van der Waals surface area contributed by atoms with Gasteiger partial charge >= 0.3 is 0 Å². The number of benzene rings is 1. The molecule has 1 N–H and O–H groups in total. The van der Waals surface area contributed by atoms with Crippen molar-refractivity contribution < 1.29 is 14.3 Å². The summed E-state index contributed by atoms with van der Waals surface area (Å²) >= 11 is 0. The van der Waals surface area contributed by atoms with Crippen LogP contribution in [0.15, 0.2) is 46.6 Å². The molecule has 0 saturated carbocycles. The molecule has 1 aliphatic rings. The molecule has 0 fully saturated rings. The lowest BCUT2D eigenvalue weighted by Gasteiger charge is -2.31. The van der Waals surface area contributed by atoms with Crippen LogP contribution in [0.25, 0.3) is 6.08 Å². The second kappa shape index (κ2) is 6.83. The number of fused-ring (bicyclic) bond motifs is 1. The van der Waals surface area contributed by atoms with Crippen molar-refractivity contribution in [2.45, 2.75) is 52.6 Å². The van der Waals surface area contributed by atoms with E-state index < -0.39 is 0 Å². The molecule has 2 heterocycles. The smallest absolute Gasteiger partial charge is 0.128 e. The van der Waals surface area contributed by atoms with Crippen LogP contribution in [0.4, 0.5) is 0 Å². The van der Waals surface area contributed by atoms with E-state index in [9.17, 15) is 5.11 Å². The summed E-state index contributed by atoms with van der Waals surface area (Å²) in [5.74, 6) is 2.16. The Labute approximate surface area is 149 Å². The van der Waals surface area contributed by atoms with Gasteiger partial charge in [0.1, 0.15) is 22.9 Å². The number of aryl methyl sites for hydroxylation is 2. The Morgan fingerprint density at radius 1 is 1.24 bits per heavy atom. The minimum Gasteiger partial charge on any atom is -0.508 e. The Balaban J connectivity index is 1.61. The molecule has 132 valence electrons. The summed E-state index contributed by atoms with van der Waals surface area (Å²) in [6.07, 6.45) is 10.9. The summed E-state index contributed by atoms with van der Waals surface area (Å²) in [5, 5.41) is 9.83. The second-order valence-corrected chi connectivity index (χ2v) is 7.28. The Morgan fingerprint density at radius 2 is 2.04 bits per heavy atom. The molecule has 1 aromatic heterocycles. The number of furan rings is 1. The van der Waals surface area contributed by atoms with Crippen molar-refractivity contribution in [3.63, 3.8) is 0 Å². The van der Waals surface area contributed by atoms with Crippen molar-refractivity contribution in [1.29, 1.82) is 0 Å². The molecule has 1 aliphatic heterocycles. The Bertz CT molecular complexity index is 826. The van der Waals surface area contributed by atoms with Gasteiger partial charge < -0.3 is 14.3 Å². The van der Waals surface area contributed by atoms with Crippen molar-refractivity contribution in [2.24, 2.45) is 0 Å². The van der Waals surface area contributed by atoms with Gasteiger partial charge in [0.05, 0.1) is 6.26 Å². The van der Waals surface area contributed by atoms with Gasteiger partial charge in [-0.3, -0.25) is 0 Å². The Hall–Kier alpha value is -2.42. The number of hydrogen-bond acceptors (Lipinski definition) is 3. The zero-order valence-corrected chi connectivity index (χ0v) is 15.4. The van der Waals surface area contributed by atoms with Crippen LogP contribution in [-0.2, 0) is 6.42 Å². The molecule has 0 aliphatic carbocycles. The summed E-state index contributed by atoms with van der Waals surface area (Å²) in [6, 6.07) is 5.75. The molecule has 0 unspecified atom stereocenters. The van der Waals surface area contributed by atoms with Gasteiger partial charge in [0.2, 0.25) is 0 Å². The van der Waals surface area contributed by atoms with Gasteiger partial charge in [0.25, 0.3) is 0 Å². The quantitative estimate of drug-likeness (QED) is 0.707. The summed E-state index contributed by atoms with van der Waals surface area (Å²) in [5.41, 5.74) is 3.91. The van der Waals surface area contributed by atoms with Crippen LogP contribution < -0.4 is 4.74 Å². The normalized spacial score (nSPS) is 19.6. The van der Waals surface area contributed by atoms with Crippen LogP contribution in [0.3, 0.4) is 0 Å². The van der Waals surface area contributed by atoms with Gasteiger partial charge in [-0.25, -0.2) is 0 Å². The molecule has 1 atom stereocenters. The van der Waals surface area contributed by atoms with E-state index in [1.165, 1.54) is 5.57 Å². The third-order valence-electron chi connectivity index (χ3n) is 4.66. The van der Waals surface area contributed by atoms with Crippen LogP contribution in [0, 0.1) is 13.8 Å². The predicted octanol–water partition coefficient (Wildman–Crippen LogP) is 5.74. The first-order chi connectivity index (χ1) is 11.8. The third kappa shape index (κ3) is 4.16. The summed E-state index contributed by atoms with van der Waals surface area (Å²) in [6.45, 7) is 8.17. The minimum absolute atomic E-state index is 0.308. The van der Waals surface area contributed by atoms with Crippen LogP contribution in [0.2, 0.25) is 0 Å². The molecule has 0 saturated heterocycles. The topological polar surface area (TPSA) is 42.6 Å². The maximum absolute atomic E-state index is 9.83. The fraction of sp³-hybridized carbons (Fsp3) is 0.364. The Morgan fingerprint density at radius 3 is 2.76 bits per heavy atom. The third-order valence-corrected chi connectivity index (χ3v) is 4.66. The lowest BCUT2D eigenvalue weighted by atomic mass is 9.94. The van der Waals surface area contributed by atoms with Gasteiger partial charge in [-0.1, -0.05) is 17.7 Å². The lowest BCUT2D eigenvalue weighted by molar-refractivity contribution is 0.128. The molecule has 3 nitrogen and oxygen atoms in total. The fourth-order valence-corrected chi connectivity index (χ4v) is 3.13. The molecule has 2 aromatic rings. The molecular weight excluding hydrogens is 312 g/mol. The van der Waals surface area contributed by atoms with Crippen molar-refractivity contribution in [3.8, 4) is 11.5 Å². The second-order valence-electron chi connectivity index (χ2n) is 7.28. The van der Waals surface area contributed by atoms with Crippen LogP contribution >= 0.6 is 0 Å². The van der Waals surface area contributed by atoms with E-state index in [0.29, 0.717) is 5.75 Å². The van der Waals surface area contributed by atoms with Crippen LogP contribution in [0.5, 0.6) is 11.5 Å². The first kappa shape index (κ1) is 17.4. The first-order valence-electron chi connectivity index (χ1n) is 8.76. The number of allylic oxidation sites excluding steroid dienone is 2. The van der Waals surface area contributed by atoms with E-state index in [1.54, 1.807) is 12.3 Å². The molecule has 0 bridgehead atoms. The van der Waals surface area contributed by atoms with E-state index >= 15 is 0 Å². The average molecular weight is 338 g/mol. The molecule has 3 rings (SSSR count). The summed E-state index contributed by atoms with van der Waals surface area (Å²) < 4.78 is 11.7. The molecule has 0 radical (unpaired) electrons. The van der Waals surface area contributed by atoms with Gasteiger partial charge in [0, 0.05) is 12.0 Å². The zero-order valence-electron chi connectivity index (χ0n) is 15.4. The fourth-order valence-electron chi connectivity index (χ4n) is 3.13. The lowest BCUT2D eigenvalue weighted by Crippen LogP contribution is -2.31. The zero-order chi connectivity index (χ0) is 18.0. The van der Waals surface area contributed by atoms with E-state index in [4.69, 9.17) is 9.15 Å². The van der Waals surface area contributed by atoms with Crippen molar-refractivity contribution in [3.05, 3.63) is 64.6 Å². The van der Waals surface area contributed by atoms with Crippen LogP contribution in [-0.4, -0.2) is 10.7 Å². The molecular formula is C22H26O3. The van der Waals surface area contributed by atoms with Crippen molar-refractivity contribution >= 4 is 6.08 Å². The first-order valence-corrected chi connectivity index (χ1v) is 8.76. The number of phenolic OH excluding ortho intramolecular Hbond substituents is 1. The van der Waals surface area contributed by atoms with E-state index in [1.807, 2.05) is 26.0 Å². The summed E-state index contributed by atoms with van der Waals surface area (Å²) in [7, 11) is 0. The van der Waals surface area contributed by atoms with Gasteiger partial charge in [0.15, 0.2) is 0 Å². The van der Waals surface area contributed by atoms with Crippen LogP contribution in [0.1, 0.15) is 49.1 Å². The van der Waals surface area contributed by atoms with E-state index in [2.05, 4.69) is 32.1 Å². The molecule has 3 heteroatoms. The van der Waals surface area contributed by atoms with Crippen molar-refractivity contribution in [2.75, 3.05) is 0 Å². The SMILES string of the molecule is CC(=CCC[C@]1(C)C=Cc2cc(O)c(C)cc2O1)Cc1cc(C)co1.